The average molecular weight is 385 g/mol. The third kappa shape index (κ3) is 4.92. The number of hydrogen-bond acceptors (Lipinski definition) is 9. The van der Waals surface area contributed by atoms with Crippen LogP contribution < -0.4 is 10.1 Å². The van der Waals surface area contributed by atoms with Gasteiger partial charge >= 0.3 is 11.9 Å². The number of esters is 1. The molecule has 11 heteroatoms. The Kier molecular flexibility index (Phi) is 6.69. The number of aliphatic carboxylic acids is 1. The molecule has 5 atom stereocenters. The number of ether oxygens (including phenoxy) is 3. The molecule has 1 aromatic carbocycles. The fourth-order valence-electron chi connectivity index (χ4n) is 2.41. The van der Waals surface area contributed by atoms with Crippen molar-refractivity contribution in [1.82, 2.24) is 0 Å². The second-order valence-electron chi connectivity index (χ2n) is 5.73. The van der Waals surface area contributed by atoms with Gasteiger partial charge in [-0.3, -0.25) is 9.59 Å². The van der Waals surface area contributed by atoms with Gasteiger partial charge in [0.05, 0.1) is 5.69 Å². The zero-order valence-corrected chi connectivity index (χ0v) is 14.1. The van der Waals surface area contributed by atoms with Crippen molar-refractivity contribution in [2.75, 3.05) is 5.32 Å². The highest BCUT2D eigenvalue weighted by molar-refractivity contribution is 5.76. The highest BCUT2D eigenvalue weighted by Crippen LogP contribution is 2.30. The van der Waals surface area contributed by atoms with E-state index in [-0.39, 0.29) is 18.0 Å². The normalized spacial score (nSPS) is 27.5. The SMILES string of the molecule is CC(=O)OCc1ccc(O[C@@H]2O[C@H](C(=O)O)[C@@H](O)[C@H](O)[C@H]2O)c(NC=O)c1. The number of benzene rings is 1. The molecule has 5 N–H and O–H groups in total. The maximum atomic E-state index is 11.1. The molecule has 0 saturated carbocycles. The Morgan fingerprint density at radius 3 is 2.52 bits per heavy atom. The number of amides is 1. The summed E-state index contributed by atoms with van der Waals surface area (Å²) < 4.78 is 15.3. The Morgan fingerprint density at radius 2 is 1.93 bits per heavy atom. The van der Waals surface area contributed by atoms with Crippen LogP contribution in [0.4, 0.5) is 5.69 Å². The fourth-order valence-corrected chi connectivity index (χ4v) is 2.41. The Labute approximate surface area is 153 Å². The van der Waals surface area contributed by atoms with Crippen molar-refractivity contribution in [2.24, 2.45) is 0 Å². The van der Waals surface area contributed by atoms with Gasteiger partial charge in [0.2, 0.25) is 12.7 Å². The molecule has 1 aliphatic rings. The number of anilines is 1. The van der Waals surface area contributed by atoms with Crippen molar-refractivity contribution in [2.45, 2.75) is 44.2 Å². The largest absolute Gasteiger partial charge is 0.479 e. The van der Waals surface area contributed by atoms with E-state index in [9.17, 15) is 29.7 Å². The summed E-state index contributed by atoms with van der Waals surface area (Å²) in [6.07, 6.45) is -8.52. The molecule has 0 aliphatic carbocycles. The minimum atomic E-state index is -1.85. The van der Waals surface area contributed by atoms with Crippen LogP contribution in [0, 0.1) is 0 Å². The Bertz CT molecular complexity index is 708. The van der Waals surface area contributed by atoms with Crippen LogP contribution in [0.5, 0.6) is 5.75 Å². The van der Waals surface area contributed by atoms with Crippen LogP contribution in [-0.4, -0.2) is 69.5 Å². The molecule has 1 amide bonds. The van der Waals surface area contributed by atoms with E-state index in [0.29, 0.717) is 12.0 Å². The van der Waals surface area contributed by atoms with Crippen molar-refractivity contribution in [3.8, 4) is 5.75 Å². The number of carboxylic acid groups (broad SMARTS) is 1. The Hall–Kier alpha value is -2.73. The smallest absolute Gasteiger partial charge is 0.335 e. The van der Waals surface area contributed by atoms with E-state index < -0.39 is 42.6 Å². The van der Waals surface area contributed by atoms with Crippen molar-refractivity contribution >= 4 is 24.0 Å². The molecule has 0 bridgehead atoms. The van der Waals surface area contributed by atoms with Crippen LogP contribution in [-0.2, 0) is 30.5 Å². The molecule has 11 nitrogen and oxygen atoms in total. The first-order chi connectivity index (χ1) is 12.7. The lowest BCUT2D eigenvalue weighted by atomic mass is 9.99. The summed E-state index contributed by atoms with van der Waals surface area (Å²) in [6.45, 7) is 1.18. The summed E-state index contributed by atoms with van der Waals surface area (Å²) in [5, 5.41) is 40.9. The third-order valence-corrected chi connectivity index (χ3v) is 3.76. The standard InChI is InChI=1S/C16H19NO10/c1-7(19)25-5-8-2-3-10(9(4-8)17-6-18)26-16-13(22)11(20)12(21)14(27-16)15(23)24/h2-4,6,11-14,16,20-22H,5H2,1H3,(H,17,18)(H,23,24)/t11-,12-,13+,14-,16+/m0/s1. The molecule has 1 aliphatic heterocycles. The predicted molar refractivity (Wildman–Crippen MR) is 86.5 cm³/mol. The minimum absolute atomic E-state index is 0.00884. The first kappa shape index (κ1) is 20.6. The summed E-state index contributed by atoms with van der Waals surface area (Å²) in [6, 6.07) is 4.30. The summed E-state index contributed by atoms with van der Waals surface area (Å²) in [7, 11) is 0. The van der Waals surface area contributed by atoms with E-state index in [1.807, 2.05) is 0 Å². The van der Waals surface area contributed by atoms with Crippen molar-refractivity contribution < 1.29 is 49.0 Å². The zero-order valence-electron chi connectivity index (χ0n) is 14.1. The van der Waals surface area contributed by atoms with Gasteiger partial charge in [0, 0.05) is 6.92 Å². The number of carbonyl (C=O) groups excluding carboxylic acids is 2. The molecule has 0 aromatic heterocycles. The number of hydrogen-bond donors (Lipinski definition) is 5. The number of carboxylic acids is 1. The zero-order chi connectivity index (χ0) is 20.1. The number of carbonyl (C=O) groups is 3. The van der Waals surface area contributed by atoms with Crippen LogP contribution in [0.2, 0.25) is 0 Å². The first-order valence-corrected chi connectivity index (χ1v) is 7.80. The number of rotatable bonds is 7. The number of aliphatic hydroxyl groups excluding tert-OH is 3. The second-order valence-corrected chi connectivity index (χ2v) is 5.73. The first-order valence-electron chi connectivity index (χ1n) is 7.80. The van der Waals surface area contributed by atoms with Crippen molar-refractivity contribution in [1.29, 1.82) is 0 Å². The van der Waals surface area contributed by atoms with Gasteiger partial charge in [-0.1, -0.05) is 6.07 Å². The highest BCUT2D eigenvalue weighted by atomic mass is 16.7. The molecule has 0 spiro atoms. The molecule has 0 radical (unpaired) electrons. The van der Waals surface area contributed by atoms with Crippen LogP contribution in [0.25, 0.3) is 0 Å². The van der Waals surface area contributed by atoms with Gasteiger partial charge in [0.25, 0.3) is 0 Å². The van der Waals surface area contributed by atoms with Crippen LogP contribution in [0.15, 0.2) is 18.2 Å². The molecule has 1 heterocycles. The molecular formula is C16H19NO10. The van der Waals surface area contributed by atoms with Crippen molar-refractivity contribution in [3.05, 3.63) is 23.8 Å². The van der Waals surface area contributed by atoms with E-state index in [2.05, 4.69) is 5.32 Å². The quantitative estimate of drug-likeness (QED) is 0.277. The Morgan fingerprint density at radius 1 is 1.22 bits per heavy atom. The van der Waals surface area contributed by atoms with E-state index in [4.69, 9.17) is 19.3 Å². The molecular weight excluding hydrogens is 366 g/mol. The van der Waals surface area contributed by atoms with E-state index in [0.717, 1.165) is 0 Å². The molecule has 0 unspecified atom stereocenters. The van der Waals surface area contributed by atoms with Gasteiger partial charge in [-0.2, -0.15) is 0 Å². The lowest BCUT2D eigenvalue weighted by Gasteiger charge is -2.38. The van der Waals surface area contributed by atoms with Gasteiger partial charge < -0.3 is 40.0 Å². The second kappa shape index (κ2) is 8.77. The van der Waals surface area contributed by atoms with Gasteiger partial charge in [0.1, 0.15) is 30.7 Å². The third-order valence-electron chi connectivity index (χ3n) is 3.76. The number of nitrogens with one attached hydrogen (secondary N) is 1. The maximum absolute atomic E-state index is 11.1. The van der Waals surface area contributed by atoms with Crippen LogP contribution >= 0.6 is 0 Å². The van der Waals surface area contributed by atoms with E-state index >= 15 is 0 Å². The summed E-state index contributed by atoms with van der Waals surface area (Å²) in [5.74, 6) is -2.05. The predicted octanol–water partition coefficient (Wildman–Crippen LogP) is -1.41. The topological polar surface area (TPSA) is 172 Å². The average Bonchev–Trinajstić information content (AvgIpc) is 2.61. The van der Waals surface area contributed by atoms with Crippen molar-refractivity contribution in [3.63, 3.8) is 0 Å². The fraction of sp³-hybridized carbons (Fsp3) is 0.438. The van der Waals surface area contributed by atoms with Gasteiger partial charge in [0.15, 0.2) is 6.10 Å². The summed E-state index contributed by atoms with van der Waals surface area (Å²) in [5.41, 5.74) is 0.642. The molecule has 148 valence electrons. The number of aliphatic hydroxyl groups is 3. The monoisotopic (exact) mass is 385 g/mol. The molecule has 2 rings (SSSR count). The minimum Gasteiger partial charge on any atom is -0.479 e. The van der Waals surface area contributed by atoms with E-state index in [1.54, 1.807) is 0 Å². The molecule has 1 aromatic rings. The molecule has 1 fully saturated rings. The van der Waals surface area contributed by atoms with Crippen LogP contribution in [0.3, 0.4) is 0 Å². The van der Waals surface area contributed by atoms with Gasteiger partial charge in [-0.25, -0.2) is 4.79 Å². The summed E-state index contributed by atoms with van der Waals surface area (Å²) in [4.78, 5) is 32.8. The van der Waals surface area contributed by atoms with E-state index in [1.165, 1.54) is 25.1 Å². The highest BCUT2D eigenvalue weighted by Gasteiger charge is 2.48. The van der Waals surface area contributed by atoms with Crippen LogP contribution in [0.1, 0.15) is 12.5 Å². The summed E-state index contributed by atoms with van der Waals surface area (Å²) >= 11 is 0. The molecule has 1 saturated heterocycles. The molecule has 27 heavy (non-hydrogen) atoms. The lowest BCUT2D eigenvalue weighted by Crippen LogP contribution is -2.61. The van der Waals surface area contributed by atoms with Gasteiger partial charge in [-0.05, 0) is 17.7 Å². The Balaban J connectivity index is 2.22. The maximum Gasteiger partial charge on any atom is 0.335 e. The van der Waals surface area contributed by atoms with Gasteiger partial charge in [-0.15, -0.1) is 0 Å². The lowest BCUT2D eigenvalue weighted by molar-refractivity contribution is -0.271.